The zero-order valence-corrected chi connectivity index (χ0v) is 11.6. The fourth-order valence-corrected chi connectivity index (χ4v) is 2.42. The van der Waals surface area contributed by atoms with Gasteiger partial charge in [-0.3, -0.25) is 4.79 Å². The van der Waals surface area contributed by atoms with Gasteiger partial charge in [0, 0.05) is 12.5 Å². The first-order chi connectivity index (χ1) is 9.40. The van der Waals surface area contributed by atoms with E-state index in [2.05, 4.69) is 17.6 Å². The van der Waals surface area contributed by atoms with Gasteiger partial charge < -0.3 is 20.8 Å². The predicted octanol–water partition coefficient (Wildman–Crippen LogP) is 1.18. The van der Waals surface area contributed by atoms with Crippen LogP contribution in [0.1, 0.15) is 45.4 Å². The highest BCUT2D eigenvalue weighted by atomic mass is 16.4. The fraction of sp³-hybridized carbons (Fsp3) is 0.769. The van der Waals surface area contributed by atoms with Gasteiger partial charge in [-0.1, -0.05) is 19.8 Å². The molecule has 1 aliphatic carbocycles. The molecule has 0 aromatic rings. The van der Waals surface area contributed by atoms with Gasteiger partial charge in [0.05, 0.1) is 0 Å². The maximum absolute atomic E-state index is 11.8. The van der Waals surface area contributed by atoms with Gasteiger partial charge in [0.1, 0.15) is 6.04 Å². The topological polar surface area (TPSA) is 116 Å². The Balaban J connectivity index is 2.44. The molecule has 0 aromatic carbocycles. The Kier molecular flexibility index (Phi) is 6.27. The molecule has 0 spiro atoms. The minimum Gasteiger partial charge on any atom is -0.481 e. The minimum absolute atomic E-state index is 0.0534. The van der Waals surface area contributed by atoms with E-state index in [-0.39, 0.29) is 18.9 Å². The molecule has 1 rings (SSSR count). The average Bonchev–Trinajstić information content (AvgIpc) is 2.36. The van der Waals surface area contributed by atoms with E-state index >= 15 is 0 Å². The highest BCUT2D eigenvalue weighted by Gasteiger charge is 2.25. The molecular weight excluding hydrogens is 264 g/mol. The smallest absolute Gasteiger partial charge is 0.326 e. The van der Waals surface area contributed by atoms with Crippen LogP contribution in [0.5, 0.6) is 0 Å². The predicted molar refractivity (Wildman–Crippen MR) is 71.4 cm³/mol. The van der Waals surface area contributed by atoms with E-state index in [1.165, 1.54) is 0 Å². The first kappa shape index (κ1) is 16.3. The van der Waals surface area contributed by atoms with Gasteiger partial charge in [-0.2, -0.15) is 0 Å². The van der Waals surface area contributed by atoms with Crippen LogP contribution in [0.15, 0.2) is 0 Å². The molecule has 4 N–H and O–H groups in total. The van der Waals surface area contributed by atoms with Crippen LogP contribution in [0.2, 0.25) is 0 Å². The molecule has 2 unspecified atom stereocenters. The molecule has 0 heterocycles. The van der Waals surface area contributed by atoms with E-state index in [0.717, 1.165) is 25.7 Å². The first-order valence-electron chi connectivity index (χ1n) is 6.91. The molecule has 0 bridgehead atoms. The summed E-state index contributed by atoms with van der Waals surface area (Å²) in [6, 6.07) is -1.66. The molecule has 1 saturated carbocycles. The highest BCUT2D eigenvalue weighted by Crippen LogP contribution is 2.23. The van der Waals surface area contributed by atoms with Crippen molar-refractivity contribution in [3.63, 3.8) is 0 Å². The van der Waals surface area contributed by atoms with Crippen molar-refractivity contribution in [3.05, 3.63) is 0 Å². The van der Waals surface area contributed by atoms with Crippen LogP contribution < -0.4 is 10.6 Å². The molecule has 7 heteroatoms. The van der Waals surface area contributed by atoms with E-state index in [4.69, 9.17) is 10.2 Å². The summed E-state index contributed by atoms with van der Waals surface area (Å²) in [5, 5.41) is 22.6. The van der Waals surface area contributed by atoms with Crippen LogP contribution in [-0.4, -0.2) is 40.3 Å². The summed E-state index contributed by atoms with van der Waals surface area (Å²) in [7, 11) is 0. The summed E-state index contributed by atoms with van der Waals surface area (Å²) in [6.07, 6.45) is 3.72. The van der Waals surface area contributed by atoms with E-state index in [0.29, 0.717) is 5.92 Å². The number of rotatable bonds is 6. The van der Waals surface area contributed by atoms with Crippen molar-refractivity contribution in [2.45, 2.75) is 57.5 Å². The zero-order valence-electron chi connectivity index (χ0n) is 11.6. The quantitative estimate of drug-likeness (QED) is 0.585. The average molecular weight is 286 g/mol. The number of aliphatic carboxylic acids is 2. The van der Waals surface area contributed by atoms with Gasteiger partial charge in [0.15, 0.2) is 0 Å². The Labute approximate surface area is 117 Å². The van der Waals surface area contributed by atoms with Crippen LogP contribution in [-0.2, 0) is 9.59 Å². The van der Waals surface area contributed by atoms with Crippen molar-refractivity contribution in [3.8, 4) is 0 Å². The highest BCUT2D eigenvalue weighted by molar-refractivity contribution is 5.83. The Morgan fingerprint density at radius 2 is 1.85 bits per heavy atom. The zero-order chi connectivity index (χ0) is 15.1. The summed E-state index contributed by atoms with van der Waals surface area (Å²) < 4.78 is 0. The number of carboxylic acids is 2. The summed E-state index contributed by atoms with van der Waals surface area (Å²) >= 11 is 0. The normalized spacial score (nSPS) is 23.6. The largest absolute Gasteiger partial charge is 0.481 e. The van der Waals surface area contributed by atoms with Gasteiger partial charge in [-0.05, 0) is 25.2 Å². The third-order valence-corrected chi connectivity index (χ3v) is 3.68. The van der Waals surface area contributed by atoms with E-state index in [9.17, 15) is 14.4 Å². The SMILES string of the molecule is CC1CCCCC1NC(=O)N[C@@H](CCC(=O)O)C(=O)O. The summed E-state index contributed by atoms with van der Waals surface area (Å²) in [4.78, 5) is 33.2. The van der Waals surface area contributed by atoms with Crippen LogP contribution in [0.25, 0.3) is 0 Å². The number of nitrogens with one attached hydrogen (secondary N) is 2. The van der Waals surface area contributed by atoms with Gasteiger partial charge in [0.25, 0.3) is 0 Å². The number of carboxylic acid groups (broad SMARTS) is 2. The number of carbonyl (C=O) groups is 3. The number of urea groups is 1. The molecule has 0 aromatic heterocycles. The third kappa shape index (κ3) is 5.46. The van der Waals surface area contributed by atoms with Crippen LogP contribution in [0.4, 0.5) is 4.79 Å². The molecule has 0 radical (unpaired) electrons. The molecule has 1 fully saturated rings. The number of amides is 2. The maximum Gasteiger partial charge on any atom is 0.326 e. The van der Waals surface area contributed by atoms with Crippen LogP contribution in [0.3, 0.4) is 0 Å². The molecule has 7 nitrogen and oxygen atoms in total. The number of hydrogen-bond acceptors (Lipinski definition) is 3. The van der Waals surface area contributed by atoms with Crippen molar-refractivity contribution >= 4 is 18.0 Å². The van der Waals surface area contributed by atoms with Crippen molar-refractivity contribution in [2.24, 2.45) is 5.92 Å². The summed E-state index contributed by atoms with van der Waals surface area (Å²) in [5.74, 6) is -1.94. The molecule has 0 saturated heterocycles. The fourth-order valence-electron chi connectivity index (χ4n) is 2.42. The first-order valence-corrected chi connectivity index (χ1v) is 6.91. The molecule has 114 valence electrons. The van der Waals surface area contributed by atoms with E-state index in [1.807, 2.05) is 0 Å². The number of hydrogen-bond donors (Lipinski definition) is 4. The Bertz CT molecular complexity index is 372. The Morgan fingerprint density at radius 1 is 1.20 bits per heavy atom. The number of carbonyl (C=O) groups excluding carboxylic acids is 1. The molecule has 1 aliphatic rings. The van der Waals surface area contributed by atoms with E-state index in [1.54, 1.807) is 0 Å². The Morgan fingerprint density at radius 3 is 2.40 bits per heavy atom. The van der Waals surface area contributed by atoms with Crippen molar-refractivity contribution in [1.29, 1.82) is 0 Å². The molecule has 0 aliphatic heterocycles. The Hall–Kier alpha value is -1.79. The lowest BCUT2D eigenvalue weighted by molar-refractivity contribution is -0.140. The van der Waals surface area contributed by atoms with Crippen LogP contribution >= 0.6 is 0 Å². The van der Waals surface area contributed by atoms with Gasteiger partial charge in [0.2, 0.25) is 0 Å². The monoisotopic (exact) mass is 286 g/mol. The second kappa shape index (κ2) is 7.72. The molecular formula is C13H22N2O5. The minimum atomic E-state index is -1.22. The standard InChI is InChI=1S/C13H22N2O5/c1-8-4-2-3-5-9(8)14-13(20)15-10(12(18)19)6-7-11(16)17/h8-10H,2-7H2,1H3,(H,16,17)(H,18,19)(H2,14,15,20)/t8?,9?,10-/m0/s1. The summed E-state index contributed by atoms with van der Waals surface area (Å²) in [5.41, 5.74) is 0. The van der Waals surface area contributed by atoms with Gasteiger partial charge in [-0.25, -0.2) is 9.59 Å². The molecule has 20 heavy (non-hydrogen) atoms. The lowest BCUT2D eigenvalue weighted by atomic mass is 9.86. The lowest BCUT2D eigenvalue weighted by Gasteiger charge is -2.30. The molecule has 2 amide bonds. The maximum atomic E-state index is 11.8. The third-order valence-electron chi connectivity index (χ3n) is 3.68. The van der Waals surface area contributed by atoms with Crippen molar-refractivity contribution in [2.75, 3.05) is 0 Å². The summed E-state index contributed by atoms with van der Waals surface area (Å²) in [6.45, 7) is 2.06. The van der Waals surface area contributed by atoms with Gasteiger partial charge in [-0.15, -0.1) is 0 Å². The second-order valence-corrected chi connectivity index (χ2v) is 5.31. The van der Waals surface area contributed by atoms with Crippen molar-refractivity contribution in [1.82, 2.24) is 10.6 Å². The van der Waals surface area contributed by atoms with E-state index < -0.39 is 24.0 Å². The van der Waals surface area contributed by atoms with Crippen molar-refractivity contribution < 1.29 is 24.6 Å². The van der Waals surface area contributed by atoms with Crippen LogP contribution in [0, 0.1) is 5.92 Å². The second-order valence-electron chi connectivity index (χ2n) is 5.31. The lowest BCUT2D eigenvalue weighted by Crippen LogP contribution is -2.51. The van der Waals surface area contributed by atoms with Gasteiger partial charge >= 0.3 is 18.0 Å². The molecule has 3 atom stereocenters.